The Morgan fingerprint density at radius 1 is 1.43 bits per heavy atom. The Balaban J connectivity index is 2.72. The molecule has 0 saturated heterocycles. The second-order valence-electron chi connectivity index (χ2n) is 4.09. The first-order chi connectivity index (χ1) is 6.65. The molecule has 1 rings (SSSR count). The van der Waals surface area contributed by atoms with Crippen LogP contribution in [0.4, 0.5) is 5.69 Å². The minimum absolute atomic E-state index is 0.540. The minimum Gasteiger partial charge on any atom is -0.381 e. The molecule has 0 spiro atoms. The lowest BCUT2D eigenvalue weighted by molar-refractivity contribution is 0.511. The fourth-order valence-corrected chi connectivity index (χ4v) is 1.55. The lowest BCUT2D eigenvalue weighted by Gasteiger charge is -2.22. The molecule has 1 heterocycles. The van der Waals surface area contributed by atoms with Crippen LogP contribution in [0, 0.1) is 12.8 Å². The Labute approximate surface area is 86.8 Å². The average Bonchev–Trinajstić information content (AvgIpc) is 2.16. The molecule has 1 N–H and O–H groups in total. The highest BCUT2D eigenvalue weighted by Crippen LogP contribution is 2.17. The number of aromatic nitrogens is 1. The maximum absolute atomic E-state index is 4.13. The molecule has 2 heteroatoms. The molecule has 0 unspecified atom stereocenters. The van der Waals surface area contributed by atoms with Crippen molar-refractivity contribution in [3.63, 3.8) is 0 Å². The van der Waals surface area contributed by atoms with Gasteiger partial charge in [0.2, 0.25) is 0 Å². The lowest BCUT2D eigenvalue weighted by Crippen LogP contribution is -2.25. The summed E-state index contributed by atoms with van der Waals surface area (Å²) in [6.45, 7) is 8.81. The highest BCUT2D eigenvalue weighted by atomic mass is 14.9. The van der Waals surface area contributed by atoms with Crippen LogP contribution in [0.25, 0.3) is 0 Å². The van der Waals surface area contributed by atoms with E-state index in [1.807, 2.05) is 18.5 Å². The number of pyridine rings is 1. The number of rotatable bonds is 4. The van der Waals surface area contributed by atoms with Gasteiger partial charge in [0.05, 0.1) is 11.9 Å². The maximum Gasteiger partial charge on any atom is 0.0558 e. The lowest BCUT2D eigenvalue weighted by atomic mass is 10.0. The summed E-state index contributed by atoms with van der Waals surface area (Å²) in [6.07, 6.45) is 4.88. The molecule has 78 valence electrons. The van der Waals surface area contributed by atoms with E-state index in [4.69, 9.17) is 0 Å². The molecule has 0 amide bonds. The van der Waals surface area contributed by atoms with Crippen LogP contribution in [0.3, 0.4) is 0 Å². The van der Waals surface area contributed by atoms with Crippen LogP contribution in [-0.4, -0.2) is 11.0 Å². The molecular formula is C12H20N2. The normalized spacial score (nSPS) is 12.9. The molecular weight excluding hydrogens is 172 g/mol. The molecule has 0 aromatic carbocycles. The molecule has 1 atom stereocenters. The monoisotopic (exact) mass is 192 g/mol. The van der Waals surface area contributed by atoms with Crippen molar-refractivity contribution in [2.75, 3.05) is 5.32 Å². The second kappa shape index (κ2) is 4.99. The topological polar surface area (TPSA) is 24.9 Å². The standard InChI is InChI=1S/C12H20N2/c1-5-11(9(2)3)14-12-8-13-7-6-10(12)4/h6-9,11,14H,5H2,1-4H3/t11-/m0/s1. The van der Waals surface area contributed by atoms with Crippen molar-refractivity contribution in [3.05, 3.63) is 24.0 Å². The molecule has 2 nitrogen and oxygen atoms in total. The highest BCUT2D eigenvalue weighted by molar-refractivity contribution is 5.48. The van der Waals surface area contributed by atoms with Crippen LogP contribution < -0.4 is 5.32 Å². The highest BCUT2D eigenvalue weighted by Gasteiger charge is 2.11. The number of hydrogen-bond acceptors (Lipinski definition) is 2. The Hall–Kier alpha value is -1.05. The molecule has 14 heavy (non-hydrogen) atoms. The van der Waals surface area contributed by atoms with E-state index in [-0.39, 0.29) is 0 Å². The van der Waals surface area contributed by atoms with Gasteiger partial charge in [0.25, 0.3) is 0 Å². The van der Waals surface area contributed by atoms with E-state index in [0.29, 0.717) is 12.0 Å². The molecule has 0 radical (unpaired) electrons. The van der Waals surface area contributed by atoms with E-state index in [0.717, 1.165) is 12.1 Å². The van der Waals surface area contributed by atoms with Crippen LogP contribution in [0.1, 0.15) is 32.8 Å². The predicted molar refractivity (Wildman–Crippen MR) is 61.5 cm³/mol. The largest absolute Gasteiger partial charge is 0.381 e. The van der Waals surface area contributed by atoms with Crippen molar-refractivity contribution in [2.45, 2.75) is 40.2 Å². The number of hydrogen-bond donors (Lipinski definition) is 1. The van der Waals surface area contributed by atoms with Gasteiger partial charge in [-0.25, -0.2) is 0 Å². The summed E-state index contributed by atoms with van der Waals surface area (Å²) < 4.78 is 0. The van der Waals surface area contributed by atoms with E-state index >= 15 is 0 Å². The van der Waals surface area contributed by atoms with Crippen molar-refractivity contribution >= 4 is 5.69 Å². The van der Waals surface area contributed by atoms with Crippen molar-refractivity contribution in [3.8, 4) is 0 Å². The van der Waals surface area contributed by atoms with E-state index in [2.05, 4.69) is 38.0 Å². The third-order valence-corrected chi connectivity index (χ3v) is 2.62. The zero-order valence-electron chi connectivity index (χ0n) is 9.54. The third-order valence-electron chi connectivity index (χ3n) is 2.62. The summed E-state index contributed by atoms with van der Waals surface area (Å²) in [5.74, 6) is 0.652. The fraction of sp³-hybridized carbons (Fsp3) is 0.583. The van der Waals surface area contributed by atoms with E-state index in [1.54, 1.807) is 0 Å². The summed E-state index contributed by atoms with van der Waals surface area (Å²) in [5.41, 5.74) is 2.42. The zero-order valence-corrected chi connectivity index (χ0v) is 9.54. The fourth-order valence-electron chi connectivity index (χ4n) is 1.55. The Bertz CT molecular complexity index is 281. The second-order valence-corrected chi connectivity index (χ2v) is 4.09. The summed E-state index contributed by atoms with van der Waals surface area (Å²) in [5, 5.41) is 3.53. The van der Waals surface area contributed by atoms with Crippen LogP contribution in [-0.2, 0) is 0 Å². The first-order valence-corrected chi connectivity index (χ1v) is 5.32. The van der Waals surface area contributed by atoms with Gasteiger partial charge in [0.15, 0.2) is 0 Å². The van der Waals surface area contributed by atoms with Gasteiger partial charge < -0.3 is 5.32 Å². The molecule has 0 aliphatic carbocycles. The summed E-state index contributed by atoms with van der Waals surface area (Å²) in [4.78, 5) is 4.13. The van der Waals surface area contributed by atoms with E-state index in [9.17, 15) is 0 Å². The number of anilines is 1. The molecule has 0 aliphatic rings. The molecule has 0 saturated carbocycles. The molecule has 0 aliphatic heterocycles. The van der Waals surface area contributed by atoms with Crippen LogP contribution in [0.15, 0.2) is 18.5 Å². The minimum atomic E-state index is 0.540. The van der Waals surface area contributed by atoms with Gasteiger partial charge in [0.1, 0.15) is 0 Å². The van der Waals surface area contributed by atoms with Gasteiger partial charge in [-0.15, -0.1) is 0 Å². The Kier molecular flexibility index (Phi) is 3.93. The van der Waals surface area contributed by atoms with Crippen molar-refractivity contribution in [1.29, 1.82) is 0 Å². The number of nitrogens with zero attached hydrogens (tertiary/aromatic N) is 1. The third kappa shape index (κ3) is 2.72. The number of aryl methyl sites for hydroxylation is 1. The van der Waals surface area contributed by atoms with Gasteiger partial charge in [-0.3, -0.25) is 4.98 Å². The Morgan fingerprint density at radius 2 is 2.14 bits per heavy atom. The van der Waals surface area contributed by atoms with E-state index < -0.39 is 0 Å². The van der Waals surface area contributed by atoms with Gasteiger partial charge in [-0.1, -0.05) is 20.8 Å². The molecule has 0 fully saturated rings. The summed E-state index contributed by atoms with van der Waals surface area (Å²) in [7, 11) is 0. The Morgan fingerprint density at radius 3 is 2.64 bits per heavy atom. The van der Waals surface area contributed by atoms with Crippen molar-refractivity contribution < 1.29 is 0 Å². The van der Waals surface area contributed by atoms with Crippen molar-refractivity contribution in [1.82, 2.24) is 4.98 Å². The van der Waals surface area contributed by atoms with Crippen LogP contribution in [0.5, 0.6) is 0 Å². The van der Waals surface area contributed by atoms with Gasteiger partial charge in [0, 0.05) is 12.2 Å². The smallest absolute Gasteiger partial charge is 0.0558 e. The van der Waals surface area contributed by atoms with Gasteiger partial charge in [-0.05, 0) is 30.9 Å². The van der Waals surface area contributed by atoms with Gasteiger partial charge >= 0.3 is 0 Å². The predicted octanol–water partition coefficient (Wildman–Crippen LogP) is 3.24. The van der Waals surface area contributed by atoms with E-state index in [1.165, 1.54) is 5.56 Å². The summed E-state index contributed by atoms with van der Waals surface area (Å²) in [6, 6.07) is 2.58. The summed E-state index contributed by atoms with van der Waals surface area (Å²) >= 11 is 0. The van der Waals surface area contributed by atoms with Gasteiger partial charge in [-0.2, -0.15) is 0 Å². The van der Waals surface area contributed by atoms with Crippen LogP contribution >= 0.6 is 0 Å². The first-order valence-electron chi connectivity index (χ1n) is 5.32. The molecule has 1 aromatic rings. The molecule has 0 bridgehead atoms. The zero-order chi connectivity index (χ0) is 10.6. The maximum atomic E-state index is 4.13. The average molecular weight is 192 g/mol. The SMILES string of the molecule is CC[C@H](Nc1cnccc1C)C(C)C. The molecule has 1 aromatic heterocycles. The quantitative estimate of drug-likeness (QED) is 0.792. The number of nitrogens with one attached hydrogen (secondary N) is 1. The van der Waals surface area contributed by atoms with Crippen molar-refractivity contribution in [2.24, 2.45) is 5.92 Å². The van der Waals surface area contributed by atoms with Crippen LogP contribution in [0.2, 0.25) is 0 Å². The first kappa shape index (κ1) is 11.0.